The van der Waals surface area contributed by atoms with Crippen molar-refractivity contribution in [1.82, 2.24) is 4.90 Å². The molecule has 0 atom stereocenters. The van der Waals surface area contributed by atoms with Crippen LogP contribution in [0.1, 0.15) is 35.2 Å². The zero-order valence-electron chi connectivity index (χ0n) is 11.2. The van der Waals surface area contributed by atoms with Crippen LogP contribution >= 0.6 is 0 Å². The number of likely N-dealkylation sites (tertiary alicyclic amines) is 1. The lowest BCUT2D eigenvalue weighted by atomic mass is 9.93. The number of nitrogens with two attached hydrogens (primary N) is 1. The van der Waals surface area contributed by atoms with Gasteiger partial charge in [0, 0.05) is 6.54 Å². The fourth-order valence-electron chi connectivity index (χ4n) is 2.68. The molecule has 104 valence electrons. The molecule has 0 spiro atoms. The Bertz CT molecular complexity index is 409. The number of piperidine rings is 1. The minimum atomic E-state index is -0.867. The lowest BCUT2D eigenvalue weighted by Crippen LogP contribution is -2.33. The predicted molar refractivity (Wildman–Crippen MR) is 75.1 cm³/mol. The van der Waals surface area contributed by atoms with Gasteiger partial charge in [-0.05, 0) is 62.5 Å². The third-order valence-corrected chi connectivity index (χ3v) is 3.89. The van der Waals surface area contributed by atoms with Gasteiger partial charge in [0.1, 0.15) is 0 Å². The minimum Gasteiger partial charge on any atom is -0.478 e. The Morgan fingerprint density at radius 2 is 1.89 bits per heavy atom. The van der Waals surface area contributed by atoms with Gasteiger partial charge in [0.05, 0.1) is 5.56 Å². The summed E-state index contributed by atoms with van der Waals surface area (Å²) in [6.45, 7) is 3.94. The fourth-order valence-corrected chi connectivity index (χ4v) is 2.68. The van der Waals surface area contributed by atoms with Crippen LogP contribution in [-0.4, -0.2) is 35.6 Å². The molecule has 1 aromatic carbocycles. The predicted octanol–water partition coefficient (Wildman–Crippen LogP) is 1.95. The Labute approximate surface area is 114 Å². The Hall–Kier alpha value is -1.39. The second-order valence-corrected chi connectivity index (χ2v) is 5.30. The van der Waals surface area contributed by atoms with Crippen LogP contribution in [0.2, 0.25) is 0 Å². The first-order valence-electron chi connectivity index (χ1n) is 6.93. The molecule has 3 N–H and O–H groups in total. The summed E-state index contributed by atoms with van der Waals surface area (Å²) in [5, 5.41) is 8.86. The van der Waals surface area contributed by atoms with Crippen molar-refractivity contribution in [1.29, 1.82) is 0 Å². The van der Waals surface area contributed by atoms with E-state index < -0.39 is 5.97 Å². The van der Waals surface area contributed by atoms with Gasteiger partial charge in [0.2, 0.25) is 0 Å². The lowest BCUT2D eigenvalue weighted by Gasteiger charge is -2.31. The van der Waals surface area contributed by atoms with E-state index in [2.05, 4.69) is 4.90 Å². The van der Waals surface area contributed by atoms with E-state index >= 15 is 0 Å². The Morgan fingerprint density at radius 3 is 2.42 bits per heavy atom. The third-order valence-electron chi connectivity index (χ3n) is 3.89. The average Bonchev–Trinajstić information content (AvgIpc) is 2.42. The number of nitrogens with zero attached hydrogens (tertiary/aromatic N) is 1. The number of carboxylic acids is 1. The highest BCUT2D eigenvalue weighted by Gasteiger charge is 2.18. The normalized spacial score (nSPS) is 17.5. The summed E-state index contributed by atoms with van der Waals surface area (Å²) in [6.07, 6.45) is 3.59. The molecule has 4 heteroatoms. The van der Waals surface area contributed by atoms with E-state index in [1.807, 2.05) is 12.1 Å². The standard InChI is InChI=1S/C15H22N2O2/c16-8-5-12-6-9-17(10-7-12)11-13-1-3-14(4-2-13)15(18)19/h1-4,12H,5-11,16H2,(H,18,19). The zero-order chi connectivity index (χ0) is 13.7. The number of carboxylic acid groups (broad SMARTS) is 1. The number of aromatic carboxylic acids is 1. The number of benzene rings is 1. The summed E-state index contributed by atoms with van der Waals surface area (Å²) in [5.41, 5.74) is 7.13. The van der Waals surface area contributed by atoms with Crippen molar-refractivity contribution in [2.24, 2.45) is 11.7 Å². The second kappa shape index (κ2) is 6.68. The Kier molecular flexibility index (Phi) is 4.93. The molecule has 0 amide bonds. The number of carbonyl (C=O) groups is 1. The van der Waals surface area contributed by atoms with E-state index in [0.717, 1.165) is 38.5 Å². The number of hydrogen-bond donors (Lipinski definition) is 2. The number of hydrogen-bond acceptors (Lipinski definition) is 3. The third kappa shape index (κ3) is 4.04. The minimum absolute atomic E-state index is 0.352. The molecule has 1 saturated heterocycles. The van der Waals surface area contributed by atoms with E-state index in [-0.39, 0.29) is 0 Å². The molecular weight excluding hydrogens is 240 g/mol. The summed E-state index contributed by atoms with van der Waals surface area (Å²) in [7, 11) is 0. The van der Waals surface area contributed by atoms with Crippen LogP contribution in [0.5, 0.6) is 0 Å². The van der Waals surface area contributed by atoms with Crippen molar-refractivity contribution in [2.75, 3.05) is 19.6 Å². The van der Waals surface area contributed by atoms with Gasteiger partial charge in [-0.3, -0.25) is 4.90 Å². The zero-order valence-corrected chi connectivity index (χ0v) is 11.2. The van der Waals surface area contributed by atoms with Crippen molar-refractivity contribution < 1.29 is 9.90 Å². The van der Waals surface area contributed by atoms with E-state index in [4.69, 9.17) is 10.8 Å². The van der Waals surface area contributed by atoms with Gasteiger partial charge >= 0.3 is 5.97 Å². The maximum Gasteiger partial charge on any atom is 0.335 e. The largest absolute Gasteiger partial charge is 0.478 e. The average molecular weight is 262 g/mol. The Balaban J connectivity index is 1.83. The highest BCUT2D eigenvalue weighted by Crippen LogP contribution is 2.21. The molecule has 19 heavy (non-hydrogen) atoms. The molecule has 2 rings (SSSR count). The van der Waals surface area contributed by atoms with E-state index in [1.54, 1.807) is 12.1 Å². The molecule has 0 saturated carbocycles. The maximum absolute atomic E-state index is 10.8. The Morgan fingerprint density at radius 1 is 1.26 bits per heavy atom. The van der Waals surface area contributed by atoms with Gasteiger partial charge in [-0.1, -0.05) is 12.1 Å². The van der Waals surface area contributed by atoms with Crippen LogP contribution in [0, 0.1) is 5.92 Å². The van der Waals surface area contributed by atoms with Crippen LogP contribution in [0.3, 0.4) is 0 Å². The topological polar surface area (TPSA) is 66.6 Å². The van der Waals surface area contributed by atoms with Crippen molar-refractivity contribution in [3.05, 3.63) is 35.4 Å². The lowest BCUT2D eigenvalue weighted by molar-refractivity contribution is 0.0697. The summed E-state index contributed by atoms with van der Waals surface area (Å²) in [6, 6.07) is 7.18. The summed E-state index contributed by atoms with van der Waals surface area (Å²) in [4.78, 5) is 13.2. The van der Waals surface area contributed by atoms with E-state index in [1.165, 1.54) is 18.4 Å². The molecule has 0 radical (unpaired) electrons. The van der Waals surface area contributed by atoms with Crippen molar-refractivity contribution >= 4 is 5.97 Å². The first-order chi connectivity index (χ1) is 9.19. The van der Waals surface area contributed by atoms with E-state index in [0.29, 0.717) is 5.56 Å². The highest BCUT2D eigenvalue weighted by molar-refractivity contribution is 5.87. The van der Waals surface area contributed by atoms with Crippen molar-refractivity contribution in [3.8, 4) is 0 Å². The molecule has 1 aromatic rings. The van der Waals surface area contributed by atoms with Gasteiger partial charge in [-0.15, -0.1) is 0 Å². The quantitative estimate of drug-likeness (QED) is 0.851. The molecule has 0 bridgehead atoms. The van der Waals surface area contributed by atoms with E-state index in [9.17, 15) is 4.79 Å². The van der Waals surface area contributed by atoms with Gasteiger partial charge in [0.15, 0.2) is 0 Å². The van der Waals surface area contributed by atoms with Gasteiger partial charge in [-0.2, -0.15) is 0 Å². The van der Waals surface area contributed by atoms with Crippen LogP contribution in [0.25, 0.3) is 0 Å². The molecule has 1 heterocycles. The molecule has 1 fully saturated rings. The van der Waals surface area contributed by atoms with Crippen molar-refractivity contribution in [2.45, 2.75) is 25.8 Å². The second-order valence-electron chi connectivity index (χ2n) is 5.30. The van der Waals surface area contributed by atoms with Crippen LogP contribution in [0.15, 0.2) is 24.3 Å². The maximum atomic E-state index is 10.8. The molecule has 4 nitrogen and oxygen atoms in total. The fraction of sp³-hybridized carbons (Fsp3) is 0.533. The summed E-state index contributed by atoms with van der Waals surface area (Å²) in [5.74, 6) is -0.0789. The highest BCUT2D eigenvalue weighted by atomic mass is 16.4. The molecule has 1 aliphatic heterocycles. The van der Waals surface area contributed by atoms with Gasteiger partial charge in [0.25, 0.3) is 0 Å². The molecule has 1 aliphatic rings. The molecule has 0 aromatic heterocycles. The summed E-state index contributed by atoms with van der Waals surface area (Å²) < 4.78 is 0. The van der Waals surface area contributed by atoms with Crippen LogP contribution < -0.4 is 5.73 Å². The molecule has 0 aliphatic carbocycles. The van der Waals surface area contributed by atoms with Crippen LogP contribution in [0.4, 0.5) is 0 Å². The first kappa shape index (κ1) is 14.0. The smallest absolute Gasteiger partial charge is 0.335 e. The van der Waals surface area contributed by atoms with Crippen LogP contribution in [-0.2, 0) is 6.54 Å². The number of rotatable bonds is 5. The van der Waals surface area contributed by atoms with Crippen molar-refractivity contribution in [3.63, 3.8) is 0 Å². The van der Waals surface area contributed by atoms with Gasteiger partial charge in [-0.25, -0.2) is 4.79 Å². The summed E-state index contributed by atoms with van der Waals surface area (Å²) >= 11 is 0. The first-order valence-corrected chi connectivity index (χ1v) is 6.93. The van der Waals surface area contributed by atoms with Gasteiger partial charge < -0.3 is 10.8 Å². The molecular formula is C15H22N2O2. The SMILES string of the molecule is NCCC1CCN(Cc2ccc(C(=O)O)cc2)CC1. The molecule has 0 unspecified atom stereocenters. The monoisotopic (exact) mass is 262 g/mol.